The Hall–Kier alpha value is -3.27. The van der Waals surface area contributed by atoms with Crippen molar-refractivity contribution in [3.05, 3.63) is 57.3 Å². The summed E-state index contributed by atoms with van der Waals surface area (Å²) in [5.74, 6) is -0.148. The van der Waals surface area contributed by atoms with Gasteiger partial charge in [0.2, 0.25) is 0 Å². The third-order valence-electron chi connectivity index (χ3n) is 4.93. The number of aromatic nitrogens is 5. The molecule has 3 aromatic heterocycles. The molecule has 1 atom stereocenters. The maximum absolute atomic E-state index is 12.5. The highest BCUT2D eigenvalue weighted by Gasteiger charge is 2.18. The number of aliphatic hydroxyl groups is 1. The van der Waals surface area contributed by atoms with Gasteiger partial charge in [0, 0.05) is 39.6 Å². The number of hydrogen-bond donors (Lipinski definition) is 1. The molecule has 10 nitrogen and oxygen atoms in total. The van der Waals surface area contributed by atoms with Crippen molar-refractivity contribution in [2.75, 3.05) is 13.1 Å². The molecule has 0 radical (unpaired) electrons. The predicted octanol–water partition coefficient (Wildman–Crippen LogP) is -0.258. The molecule has 3 rings (SSSR count). The molecule has 0 aliphatic carbocycles. The van der Waals surface area contributed by atoms with Gasteiger partial charge in [-0.1, -0.05) is 0 Å². The molecule has 0 fully saturated rings. The van der Waals surface area contributed by atoms with Crippen molar-refractivity contribution in [3.63, 3.8) is 0 Å². The van der Waals surface area contributed by atoms with Crippen molar-refractivity contribution in [1.82, 2.24) is 28.6 Å². The van der Waals surface area contributed by atoms with Crippen LogP contribution in [0.2, 0.25) is 0 Å². The highest BCUT2D eigenvalue weighted by atomic mass is 16.3. The van der Waals surface area contributed by atoms with Gasteiger partial charge in [-0.3, -0.25) is 23.7 Å². The van der Waals surface area contributed by atoms with Crippen LogP contribution in [0.4, 0.5) is 0 Å². The van der Waals surface area contributed by atoms with Gasteiger partial charge in [0.05, 0.1) is 24.5 Å². The van der Waals surface area contributed by atoms with Crippen LogP contribution < -0.4 is 11.2 Å². The topological polar surface area (TPSA) is 115 Å². The van der Waals surface area contributed by atoms with E-state index in [1.165, 1.54) is 24.1 Å². The molecule has 1 amide bonds. The third-order valence-corrected chi connectivity index (χ3v) is 4.93. The number of amides is 1. The van der Waals surface area contributed by atoms with E-state index in [1.54, 1.807) is 34.8 Å². The first-order valence-electron chi connectivity index (χ1n) is 9.33. The maximum atomic E-state index is 12.5. The molecule has 0 saturated carbocycles. The molecule has 0 aromatic carbocycles. The largest absolute Gasteiger partial charge is 0.391 e. The van der Waals surface area contributed by atoms with E-state index in [0.717, 1.165) is 4.57 Å². The summed E-state index contributed by atoms with van der Waals surface area (Å²) in [6.45, 7) is 2.85. The molecular weight excluding hydrogens is 376 g/mol. The molecule has 154 valence electrons. The third kappa shape index (κ3) is 3.97. The SMILES string of the molecule is CCN(CCC(O)Cn1cnc2c1c(=O)n(C)c(=O)n2C)C(=O)c1cccnc1. The lowest BCUT2D eigenvalue weighted by molar-refractivity contribution is 0.0716. The number of aryl methyl sites for hydroxylation is 1. The van der Waals surface area contributed by atoms with Gasteiger partial charge in [-0.05, 0) is 25.5 Å². The fourth-order valence-corrected chi connectivity index (χ4v) is 3.23. The molecule has 3 heterocycles. The van der Waals surface area contributed by atoms with Crippen LogP contribution in [0.25, 0.3) is 11.2 Å². The second-order valence-corrected chi connectivity index (χ2v) is 6.84. The summed E-state index contributed by atoms with van der Waals surface area (Å²) in [4.78, 5) is 46.8. The molecule has 3 aromatic rings. The van der Waals surface area contributed by atoms with E-state index in [1.807, 2.05) is 6.92 Å². The number of aliphatic hydroxyl groups excluding tert-OH is 1. The Morgan fingerprint density at radius 3 is 2.69 bits per heavy atom. The molecule has 0 aliphatic rings. The first-order valence-corrected chi connectivity index (χ1v) is 9.33. The number of carbonyl (C=O) groups excluding carboxylic acids is 1. The van der Waals surface area contributed by atoms with E-state index in [-0.39, 0.29) is 23.6 Å². The number of pyridine rings is 1. The molecule has 0 aliphatic heterocycles. The van der Waals surface area contributed by atoms with E-state index >= 15 is 0 Å². The van der Waals surface area contributed by atoms with Gasteiger partial charge in [0.25, 0.3) is 11.5 Å². The Bertz CT molecular complexity index is 1130. The molecule has 1 unspecified atom stereocenters. The summed E-state index contributed by atoms with van der Waals surface area (Å²) >= 11 is 0. The summed E-state index contributed by atoms with van der Waals surface area (Å²) in [5, 5.41) is 10.5. The van der Waals surface area contributed by atoms with E-state index in [0.29, 0.717) is 25.1 Å². The normalized spacial score (nSPS) is 12.3. The minimum atomic E-state index is -0.801. The lowest BCUT2D eigenvalue weighted by atomic mass is 10.2. The summed E-state index contributed by atoms with van der Waals surface area (Å²) in [7, 11) is 2.95. The van der Waals surface area contributed by atoms with Crippen molar-refractivity contribution in [3.8, 4) is 0 Å². The van der Waals surface area contributed by atoms with Crippen molar-refractivity contribution in [1.29, 1.82) is 0 Å². The fourth-order valence-electron chi connectivity index (χ4n) is 3.23. The van der Waals surface area contributed by atoms with Crippen LogP contribution in [0.15, 0.2) is 40.4 Å². The first kappa shape index (κ1) is 20.5. The lowest BCUT2D eigenvalue weighted by Crippen LogP contribution is -2.38. The maximum Gasteiger partial charge on any atom is 0.332 e. The van der Waals surface area contributed by atoms with Gasteiger partial charge in [0.1, 0.15) is 0 Å². The molecule has 0 spiro atoms. The average Bonchev–Trinajstić information content (AvgIpc) is 3.15. The van der Waals surface area contributed by atoms with E-state index in [9.17, 15) is 19.5 Å². The van der Waals surface area contributed by atoms with E-state index in [2.05, 4.69) is 9.97 Å². The summed E-state index contributed by atoms with van der Waals surface area (Å²) < 4.78 is 3.85. The fraction of sp³-hybridized carbons (Fsp3) is 0.421. The van der Waals surface area contributed by atoms with E-state index < -0.39 is 17.4 Å². The average molecular weight is 400 g/mol. The molecule has 29 heavy (non-hydrogen) atoms. The van der Waals surface area contributed by atoms with E-state index in [4.69, 9.17) is 0 Å². The number of carbonyl (C=O) groups is 1. The van der Waals surface area contributed by atoms with Crippen LogP contribution in [0.3, 0.4) is 0 Å². The molecule has 10 heteroatoms. The second kappa shape index (κ2) is 8.39. The van der Waals surface area contributed by atoms with Gasteiger partial charge >= 0.3 is 5.69 Å². The summed E-state index contributed by atoms with van der Waals surface area (Å²) in [6, 6.07) is 3.40. The minimum Gasteiger partial charge on any atom is -0.391 e. The number of nitrogens with zero attached hydrogens (tertiary/aromatic N) is 6. The van der Waals surface area contributed by atoms with Gasteiger partial charge < -0.3 is 14.6 Å². The highest BCUT2D eigenvalue weighted by molar-refractivity contribution is 5.93. The van der Waals surface area contributed by atoms with Crippen LogP contribution in [-0.2, 0) is 20.6 Å². The van der Waals surface area contributed by atoms with Crippen molar-refractivity contribution in [2.45, 2.75) is 26.0 Å². The zero-order valence-electron chi connectivity index (χ0n) is 16.6. The van der Waals surface area contributed by atoms with Crippen molar-refractivity contribution >= 4 is 17.1 Å². The molecule has 0 saturated heterocycles. The number of imidazole rings is 1. The molecule has 0 bridgehead atoms. The van der Waals surface area contributed by atoms with Gasteiger partial charge in [0.15, 0.2) is 11.2 Å². The Morgan fingerprint density at radius 1 is 1.28 bits per heavy atom. The van der Waals surface area contributed by atoms with Gasteiger partial charge in [-0.2, -0.15) is 0 Å². The standard InChI is InChI=1S/C19H24N6O4/c1-4-24(17(27)13-6-5-8-20-10-13)9-7-14(26)11-25-12-21-16-15(25)18(28)23(3)19(29)22(16)2/h5-6,8,10,12,14,26H,4,7,9,11H2,1-3H3. The lowest BCUT2D eigenvalue weighted by Gasteiger charge is -2.22. The Kier molecular flexibility index (Phi) is 5.92. The van der Waals surface area contributed by atoms with Crippen molar-refractivity contribution < 1.29 is 9.90 Å². The zero-order valence-corrected chi connectivity index (χ0v) is 16.6. The van der Waals surface area contributed by atoms with Crippen LogP contribution in [0.1, 0.15) is 23.7 Å². The van der Waals surface area contributed by atoms with Crippen LogP contribution in [-0.4, -0.2) is 58.8 Å². The van der Waals surface area contributed by atoms with Gasteiger partial charge in [-0.15, -0.1) is 0 Å². The molecular formula is C19H24N6O4. The zero-order chi connectivity index (χ0) is 21.1. The van der Waals surface area contributed by atoms with Crippen LogP contribution in [0, 0.1) is 0 Å². The quantitative estimate of drug-likeness (QED) is 0.584. The monoisotopic (exact) mass is 400 g/mol. The highest BCUT2D eigenvalue weighted by Crippen LogP contribution is 2.10. The first-order chi connectivity index (χ1) is 13.8. The molecule has 1 N–H and O–H groups in total. The smallest absolute Gasteiger partial charge is 0.332 e. The van der Waals surface area contributed by atoms with Crippen molar-refractivity contribution in [2.24, 2.45) is 14.1 Å². The number of fused-ring (bicyclic) bond motifs is 1. The number of hydrogen-bond acceptors (Lipinski definition) is 6. The second-order valence-electron chi connectivity index (χ2n) is 6.84. The predicted molar refractivity (Wildman–Crippen MR) is 107 cm³/mol. The van der Waals surface area contributed by atoms with Gasteiger partial charge in [-0.25, -0.2) is 9.78 Å². The summed E-state index contributed by atoms with van der Waals surface area (Å²) in [5.41, 5.74) is 0.101. The minimum absolute atomic E-state index is 0.128. The van der Waals surface area contributed by atoms with Crippen LogP contribution >= 0.6 is 0 Å². The Labute approximate surface area is 166 Å². The summed E-state index contributed by atoms with van der Waals surface area (Å²) in [6.07, 6.45) is 4.08. The Morgan fingerprint density at radius 2 is 2.03 bits per heavy atom. The Balaban J connectivity index is 1.73. The van der Waals surface area contributed by atoms with Crippen LogP contribution in [0.5, 0.6) is 0 Å². The number of rotatable bonds is 7.